The number of hydrogen-bond donors (Lipinski definition) is 0. The van der Waals surface area contributed by atoms with E-state index in [2.05, 4.69) is 107 Å². The molecule has 0 unspecified atom stereocenters. The molecule has 0 spiro atoms. The first-order valence-electron chi connectivity index (χ1n) is 18.1. The van der Waals surface area contributed by atoms with Gasteiger partial charge in [-0.1, -0.05) is 125 Å². The van der Waals surface area contributed by atoms with E-state index in [-0.39, 0.29) is 41.8 Å². The zero-order valence-electron chi connectivity index (χ0n) is 30.9. The molecular formula is C44H54O6Si. The molecule has 5 rings (SSSR count). The second-order valence-corrected chi connectivity index (χ2v) is 19.1. The highest BCUT2D eigenvalue weighted by Crippen LogP contribution is 2.37. The maximum Gasteiger partial charge on any atom is 0.338 e. The summed E-state index contributed by atoms with van der Waals surface area (Å²) in [7, 11) is -0.983. The summed E-state index contributed by atoms with van der Waals surface area (Å²) in [6.07, 6.45) is 2.76. The van der Waals surface area contributed by atoms with Crippen molar-refractivity contribution in [2.45, 2.75) is 83.3 Å². The van der Waals surface area contributed by atoms with E-state index in [1.54, 1.807) is 19.2 Å². The fourth-order valence-corrected chi connectivity index (χ4v) is 11.8. The average Bonchev–Trinajstić information content (AvgIpc) is 3.51. The summed E-state index contributed by atoms with van der Waals surface area (Å²) in [5.74, 6) is 0.727. The van der Waals surface area contributed by atoms with Crippen molar-refractivity contribution in [1.82, 2.24) is 0 Å². The molecule has 51 heavy (non-hydrogen) atoms. The number of ether oxygens (including phenoxy) is 4. The molecule has 1 heterocycles. The summed E-state index contributed by atoms with van der Waals surface area (Å²) in [5.41, 5.74) is 2.67. The van der Waals surface area contributed by atoms with Crippen molar-refractivity contribution in [3.8, 4) is 5.75 Å². The Morgan fingerprint density at radius 3 is 2.04 bits per heavy atom. The summed E-state index contributed by atoms with van der Waals surface area (Å²) in [5, 5.41) is 2.47. The van der Waals surface area contributed by atoms with Crippen LogP contribution in [0.15, 0.2) is 127 Å². The van der Waals surface area contributed by atoms with Gasteiger partial charge in [0.1, 0.15) is 12.4 Å². The normalized spacial score (nSPS) is 17.5. The monoisotopic (exact) mass is 706 g/mol. The molecule has 4 aromatic rings. The van der Waals surface area contributed by atoms with Gasteiger partial charge >= 0.3 is 5.97 Å². The number of methoxy groups -OCH3 is 1. The lowest BCUT2D eigenvalue weighted by molar-refractivity contribution is -0.0204. The Morgan fingerprint density at radius 1 is 0.882 bits per heavy atom. The Morgan fingerprint density at radius 2 is 1.47 bits per heavy atom. The van der Waals surface area contributed by atoms with Crippen molar-refractivity contribution in [3.63, 3.8) is 0 Å². The minimum atomic E-state index is -2.66. The van der Waals surface area contributed by atoms with Gasteiger partial charge in [-0.15, -0.1) is 0 Å². The molecule has 1 fully saturated rings. The third kappa shape index (κ3) is 10.1. The Balaban J connectivity index is 1.25. The first-order chi connectivity index (χ1) is 24.6. The Kier molecular flexibility index (Phi) is 13.5. The zero-order valence-corrected chi connectivity index (χ0v) is 31.9. The molecule has 0 radical (unpaired) electrons. The van der Waals surface area contributed by atoms with Crippen LogP contribution in [0, 0.1) is 5.92 Å². The lowest BCUT2D eigenvalue weighted by Crippen LogP contribution is -2.66. The van der Waals surface area contributed by atoms with Gasteiger partial charge in [0.05, 0.1) is 37.6 Å². The molecule has 6 nitrogen and oxygen atoms in total. The summed E-state index contributed by atoms with van der Waals surface area (Å²) in [6, 6.07) is 38.7. The highest BCUT2D eigenvalue weighted by atomic mass is 28.4. The van der Waals surface area contributed by atoms with Crippen molar-refractivity contribution in [2.75, 3.05) is 20.3 Å². The summed E-state index contributed by atoms with van der Waals surface area (Å²) in [6.45, 7) is 14.9. The van der Waals surface area contributed by atoms with E-state index in [0.717, 1.165) is 36.1 Å². The van der Waals surface area contributed by atoms with Gasteiger partial charge < -0.3 is 23.4 Å². The fraction of sp³-hybridized carbons (Fsp3) is 0.386. The second-order valence-electron chi connectivity index (χ2n) is 14.7. The van der Waals surface area contributed by atoms with Gasteiger partial charge in [-0.05, 0) is 76.0 Å². The highest BCUT2D eigenvalue weighted by molar-refractivity contribution is 6.99. The molecule has 1 aliphatic heterocycles. The van der Waals surface area contributed by atoms with Crippen LogP contribution in [0.25, 0.3) is 0 Å². The molecule has 0 amide bonds. The van der Waals surface area contributed by atoms with Crippen molar-refractivity contribution in [1.29, 1.82) is 0 Å². The van der Waals surface area contributed by atoms with Gasteiger partial charge in [-0.3, -0.25) is 0 Å². The van der Waals surface area contributed by atoms with E-state index in [0.29, 0.717) is 25.2 Å². The van der Waals surface area contributed by atoms with E-state index in [1.165, 1.54) is 10.4 Å². The van der Waals surface area contributed by atoms with Crippen LogP contribution in [0.2, 0.25) is 5.04 Å². The minimum Gasteiger partial charge on any atom is -0.497 e. The lowest BCUT2D eigenvalue weighted by Gasteiger charge is -2.43. The molecule has 0 aromatic heterocycles. The third-order valence-corrected chi connectivity index (χ3v) is 14.8. The van der Waals surface area contributed by atoms with Crippen molar-refractivity contribution < 1.29 is 28.2 Å². The van der Waals surface area contributed by atoms with Crippen LogP contribution in [-0.4, -0.2) is 52.9 Å². The first kappa shape index (κ1) is 38.2. The molecule has 270 valence electrons. The van der Waals surface area contributed by atoms with Gasteiger partial charge in [0.25, 0.3) is 8.32 Å². The topological polar surface area (TPSA) is 63.2 Å². The molecule has 4 aromatic carbocycles. The van der Waals surface area contributed by atoms with Crippen molar-refractivity contribution in [2.24, 2.45) is 5.92 Å². The number of carbonyl (C=O) groups excluding carboxylic acids is 1. The Bertz CT molecular complexity index is 1610. The predicted octanol–water partition coefficient (Wildman–Crippen LogP) is 8.53. The summed E-state index contributed by atoms with van der Waals surface area (Å²) in [4.78, 5) is 12.5. The fourth-order valence-electron chi connectivity index (χ4n) is 7.09. The lowest BCUT2D eigenvalue weighted by atomic mass is 9.97. The zero-order chi connectivity index (χ0) is 36.3. The van der Waals surface area contributed by atoms with Crippen LogP contribution in [0.3, 0.4) is 0 Å². The van der Waals surface area contributed by atoms with Crippen molar-refractivity contribution >= 4 is 24.7 Å². The average molecular weight is 707 g/mol. The molecule has 0 saturated carbocycles. The van der Waals surface area contributed by atoms with E-state index in [1.807, 2.05) is 30.3 Å². The van der Waals surface area contributed by atoms with Gasteiger partial charge in [0, 0.05) is 13.0 Å². The smallest absolute Gasteiger partial charge is 0.338 e. The third-order valence-electron chi connectivity index (χ3n) is 9.77. The molecule has 1 aliphatic rings. The summed E-state index contributed by atoms with van der Waals surface area (Å²) >= 11 is 0. The molecule has 0 aliphatic carbocycles. The highest BCUT2D eigenvalue weighted by Gasteiger charge is 2.50. The Hall–Kier alpha value is -4.01. The SMILES string of the molecule is C=C1C[C@H](COC(=O)c2ccccc2)O[C@H]1CC[C@@H](C[C@@H](C)CO[Si](c1ccccc1)(c1ccccc1)C(C)(C)C)OCc1ccc(OC)cc1. The molecule has 7 heteroatoms. The second kappa shape index (κ2) is 18.0. The molecule has 1 saturated heterocycles. The van der Waals surface area contributed by atoms with E-state index >= 15 is 0 Å². The van der Waals surface area contributed by atoms with Crippen LogP contribution in [0.4, 0.5) is 0 Å². The van der Waals surface area contributed by atoms with Crippen LogP contribution in [-0.2, 0) is 25.2 Å². The largest absolute Gasteiger partial charge is 0.497 e. The van der Waals surface area contributed by atoms with E-state index < -0.39 is 8.32 Å². The Labute approximate surface area is 305 Å². The number of rotatable bonds is 17. The van der Waals surface area contributed by atoms with Crippen LogP contribution in [0.1, 0.15) is 69.3 Å². The summed E-state index contributed by atoms with van der Waals surface area (Å²) < 4.78 is 31.2. The molecule has 4 atom stereocenters. The van der Waals surface area contributed by atoms with E-state index in [9.17, 15) is 4.79 Å². The first-order valence-corrected chi connectivity index (χ1v) is 20.0. The van der Waals surface area contributed by atoms with Crippen LogP contribution in [0.5, 0.6) is 5.75 Å². The molecule has 0 N–H and O–H groups in total. The number of benzene rings is 4. The van der Waals surface area contributed by atoms with Gasteiger partial charge in [0.2, 0.25) is 0 Å². The number of hydrogen-bond acceptors (Lipinski definition) is 6. The van der Waals surface area contributed by atoms with Gasteiger partial charge in [0.15, 0.2) is 0 Å². The predicted molar refractivity (Wildman–Crippen MR) is 207 cm³/mol. The van der Waals surface area contributed by atoms with Gasteiger partial charge in [-0.25, -0.2) is 4.79 Å². The van der Waals surface area contributed by atoms with Crippen molar-refractivity contribution in [3.05, 3.63) is 139 Å². The standard InChI is InChI=1S/C44H54O6Si/c1-33(30-49-51(44(3,4)5,40-18-12-8-13-19-40)41-20-14-9-15-21-41)28-38(47-31-35-22-24-37(46-6)25-23-35)26-27-42-34(2)29-39(50-42)32-48-43(45)36-16-10-7-11-17-36/h7-25,33,38-39,42H,2,26-32H2,1,3-6H3/t33-,38+,39-,42+/m1/s1. The quantitative estimate of drug-likeness (QED) is 0.0624. The van der Waals surface area contributed by atoms with E-state index in [4.69, 9.17) is 23.4 Å². The molecular weight excluding hydrogens is 653 g/mol. The maximum atomic E-state index is 12.5. The molecule has 0 bridgehead atoms. The van der Waals surface area contributed by atoms with Crippen LogP contribution < -0.4 is 15.1 Å². The number of carbonyl (C=O) groups is 1. The van der Waals surface area contributed by atoms with Crippen LogP contribution >= 0.6 is 0 Å². The maximum absolute atomic E-state index is 12.5. The van der Waals surface area contributed by atoms with Gasteiger partial charge in [-0.2, -0.15) is 0 Å². The minimum absolute atomic E-state index is 0.0174. The number of esters is 1.